The molecule has 0 aromatic heterocycles. The molecule has 0 bridgehead atoms. The van der Waals surface area contributed by atoms with Gasteiger partial charge in [-0.25, -0.2) is 5.01 Å². The topological polar surface area (TPSA) is 39.2 Å². The predicted molar refractivity (Wildman–Crippen MR) is 109 cm³/mol. The summed E-state index contributed by atoms with van der Waals surface area (Å²) >= 11 is 6.10. The van der Waals surface area contributed by atoms with E-state index < -0.39 is 0 Å². The SMILES string of the molecule is O=C(CN1CCN(c2cccc(Cl)c2)CC1)N1N=CCC1c1ccccc1. The van der Waals surface area contributed by atoms with E-state index >= 15 is 0 Å². The Morgan fingerprint density at radius 1 is 1.04 bits per heavy atom. The van der Waals surface area contributed by atoms with Gasteiger partial charge in [0.25, 0.3) is 5.91 Å². The van der Waals surface area contributed by atoms with E-state index in [4.69, 9.17) is 11.6 Å². The monoisotopic (exact) mass is 382 g/mol. The maximum Gasteiger partial charge on any atom is 0.257 e. The molecule has 140 valence electrons. The molecule has 1 unspecified atom stereocenters. The zero-order chi connectivity index (χ0) is 18.6. The Kier molecular flexibility index (Phi) is 5.41. The molecular formula is C21H23ClN4O. The number of nitrogens with zero attached hydrogens (tertiary/aromatic N) is 4. The summed E-state index contributed by atoms with van der Waals surface area (Å²) in [6, 6.07) is 18.1. The van der Waals surface area contributed by atoms with Crippen molar-refractivity contribution in [2.24, 2.45) is 5.10 Å². The lowest BCUT2D eigenvalue weighted by Gasteiger charge is -2.36. The average molecular weight is 383 g/mol. The van der Waals surface area contributed by atoms with Crippen LogP contribution in [-0.2, 0) is 4.79 Å². The van der Waals surface area contributed by atoms with Crippen molar-refractivity contribution in [3.8, 4) is 0 Å². The molecule has 4 rings (SSSR count). The molecule has 0 radical (unpaired) electrons. The molecule has 5 nitrogen and oxygen atoms in total. The maximum absolute atomic E-state index is 12.8. The number of piperazine rings is 1. The second-order valence-electron chi connectivity index (χ2n) is 6.94. The van der Waals surface area contributed by atoms with E-state index in [-0.39, 0.29) is 11.9 Å². The van der Waals surface area contributed by atoms with Crippen molar-refractivity contribution in [1.29, 1.82) is 0 Å². The first kappa shape index (κ1) is 18.0. The van der Waals surface area contributed by atoms with Crippen molar-refractivity contribution < 1.29 is 4.79 Å². The molecule has 0 aliphatic carbocycles. The second kappa shape index (κ2) is 8.11. The van der Waals surface area contributed by atoms with Gasteiger partial charge >= 0.3 is 0 Å². The summed E-state index contributed by atoms with van der Waals surface area (Å²) in [5, 5.41) is 6.74. The molecule has 6 heteroatoms. The van der Waals surface area contributed by atoms with Crippen molar-refractivity contribution in [2.45, 2.75) is 12.5 Å². The third-order valence-electron chi connectivity index (χ3n) is 5.17. The van der Waals surface area contributed by atoms with Crippen LogP contribution in [0.5, 0.6) is 0 Å². The first-order chi connectivity index (χ1) is 13.2. The third kappa shape index (κ3) is 4.15. The number of halogens is 1. The van der Waals surface area contributed by atoms with E-state index in [0.29, 0.717) is 6.54 Å². The minimum absolute atomic E-state index is 0.0199. The van der Waals surface area contributed by atoms with Gasteiger partial charge < -0.3 is 4.90 Å². The fourth-order valence-electron chi connectivity index (χ4n) is 3.71. The van der Waals surface area contributed by atoms with E-state index in [1.54, 1.807) is 5.01 Å². The van der Waals surface area contributed by atoms with Crippen LogP contribution in [0.2, 0.25) is 5.02 Å². The van der Waals surface area contributed by atoms with Crippen LogP contribution in [-0.4, -0.2) is 54.8 Å². The van der Waals surface area contributed by atoms with Crippen LogP contribution in [0.4, 0.5) is 5.69 Å². The molecule has 0 spiro atoms. The number of rotatable bonds is 4. The molecule has 2 aliphatic rings. The Bertz CT molecular complexity index is 818. The fourth-order valence-corrected chi connectivity index (χ4v) is 3.89. The molecule has 0 saturated carbocycles. The molecular weight excluding hydrogens is 360 g/mol. The summed E-state index contributed by atoms with van der Waals surface area (Å²) < 4.78 is 0. The Hall–Kier alpha value is -2.37. The quantitative estimate of drug-likeness (QED) is 0.813. The molecule has 2 aromatic carbocycles. The Morgan fingerprint density at radius 3 is 2.56 bits per heavy atom. The van der Waals surface area contributed by atoms with Crippen molar-refractivity contribution in [3.05, 3.63) is 65.2 Å². The van der Waals surface area contributed by atoms with Crippen LogP contribution in [0, 0.1) is 0 Å². The summed E-state index contributed by atoms with van der Waals surface area (Å²) in [5.41, 5.74) is 2.27. The van der Waals surface area contributed by atoms with Crippen molar-refractivity contribution in [2.75, 3.05) is 37.6 Å². The molecule has 1 atom stereocenters. The summed E-state index contributed by atoms with van der Waals surface area (Å²) in [4.78, 5) is 17.4. The van der Waals surface area contributed by atoms with E-state index in [9.17, 15) is 4.79 Å². The van der Waals surface area contributed by atoms with Crippen molar-refractivity contribution >= 4 is 29.4 Å². The minimum atomic E-state index is 0.0199. The van der Waals surface area contributed by atoms with Crippen LogP contribution in [0.15, 0.2) is 59.7 Å². The second-order valence-corrected chi connectivity index (χ2v) is 7.38. The van der Waals surface area contributed by atoms with Crippen LogP contribution in [0.25, 0.3) is 0 Å². The fraction of sp³-hybridized carbons (Fsp3) is 0.333. The van der Waals surface area contributed by atoms with Gasteiger partial charge in [0.2, 0.25) is 0 Å². The largest absolute Gasteiger partial charge is 0.369 e. The lowest BCUT2D eigenvalue weighted by Crippen LogP contribution is -2.49. The van der Waals surface area contributed by atoms with Gasteiger partial charge in [-0.1, -0.05) is 48.0 Å². The van der Waals surface area contributed by atoms with Gasteiger partial charge in [0.15, 0.2) is 0 Å². The molecule has 2 heterocycles. The molecule has 2 aliphatic heterocycles. The molecule has 1 fully saturated rings. The number of hydrazone groups is 1. The van der Waals surface area contributed by atoms with Gasteiger partial charge in [-0.2, -0.15) is 5.10 Å². The van der Waals surface area contributed by atoms with Gasteiger partial charge in [0.1, 0.15) is 0 Å². The summed E-state index contributed by atoms with van der Waals surface area (Å²) in [5.74, 6) is 0.0637. The highest BCUT2D eigenvalue weighted by atomic mass is 35.5. The molecule has 1 saturated heterocycles. The lowest BCUT2D eigenvalue weighted by atomic mass is 10.0. The van der Waals surface area contributed by atoms with Gasteiger partial charge in [-0.15, -0.1) is 0 Å². The summed E-state index contributed by atoms with van der Waals surface area (Å²) in [6.07, 6.45) is 2.62. The highest BCUT2D eigenvalue weighted by molar-refractivity contribution is 6.30. The van der Waals surface area contributed by atoms with Crippen LogP contribution in [0.3, 0.4) is 0 Å². The molecule has 27 heavy (non-hydrogen) atoms. The standard InChI is InChI=1S/C21H23ClN4O/c22-18-7-4-8-19(15-18)25-13-11-24(12-14-25)16-21(27)26-20(9-10-23-26)17-5-2-1-3-6-17/h1-8,10,15,20H,9,11-14,16H2. The van der Waals surface area contributed by atoms with Crippen LogP contribution in [0.1, 0.15) is 18.0 Å². The number of hydrogen-bond acceptors (Lipinski definition) is 4. The van der Waals surface area contributed by atoms with E-state index in [0.717, 1.165) is 48.9 Å². The maximum atomic E-state index is 12.8. The summed E-state index contributed by atoms with van der Waals surface area (Å²) in [6.45, 7) is 3.89. The normalized spacial score (nSPS) is 20.3. The number of benzene rings is 2. The highest BCUT2D eigenvalue weighted by Crippen LogP contribution is 2.28. The van der Waals surface area contributed by atoms with Gasteiger partial charge in [-0.05, 0) is 23.8 Å². The Labute approximate surface area is 164 Å². The molecule has 2 aromatic rings. The molecule has 0 N–H and O–H groups in total. The first-order valence-electron chi connectivity index (χ1n) is 9.33. The van der Waals surface area contributed by atoms with Crippen molar-refractivity contribution in [1.82, 2.24) is 9.91 Å². The first-order valence-corrected chi connectivity index (χ1v) is 9.71. The van der Waals surface area contributed by atoms with E-state index in [1.165, 1.54) is 0 Å². The number of amides is 1. The van der Waals surface area contributed by atoms with Gasteiger partial charge in [-0.3, -0.25) is 9.69 Å². The van der Waals surface area contributed by atoms with Crippen LogP contribution >= 0.6 is 11.6 Å². The number of carbonyl (C=O) groups is 1. The highest BCUT2D eigenvalue weighted by Gasteiger charge is 2.29. The van der Waals surface area contributed by atoms with Gasteiger partial charge in [0, 0.05) is 49.5 Å². The number of anilines is 1. The van der Waals surface area contributed by atoms with E-state index in [2.05, 4.69) is 33.1 Å². The lowest BCUT2D eigenvalue weighted by molar-refractivity contribution is -0.134. The zero-order valence-corrected chi connectivity index (χ0v) is 15.9. The zero-order valence-electron chi connectivity index (χ0n) is 15.2. The third-order valence-corrected chi connectivity index (χ3v) is 5.41. The van der Waals surface area contributed by atoms with E-state index in [1.807, 2.05) is 42.6 Å². The van der Waals surface area contributed by atoms with Crippen molar-refractivity contribution in [3.63, 3.8) is 0 Å². The smallest absolute Gasteiger partial charge is 0.257 e. The van der Waals surface area contributed by atoms with Crippen LogP contribution < -0.4 is 4.90 Å². The molecule has 1 amide bonds. The Morgan fingerprint density at radius 2 is 1.81 bits per heavy atom. The average Bonchev–Trinajstić information content (AvgIpc) is 3.19. The number of carbonyl (C=O) groups excluding carboxylic acids is 1. The number of hydrogen-bond donors (Lipinski definition) is 0. The summed E-state index contributed by atoms with van der Waals surface area (Å²) in [7, 11) is 0. The Balaban J connectivity index is 1.33. The minimum Gasteiger partial charge on any atom is -0.369 e. The van der Waals surface area contributed by atoms with Gasteiger partial charge in [0.05, 0.1) is 12.6 Å². The predicted octanol–water partition coefficient (Wildman–Crippen LogP) is 3.42.